The van der Waals surface area contributed by atoms with Crippen molar-refractivity contribution in [1.82, 2.24) is 9.80 Å². The van der Waals surface area contributed by atoms with Gasteiger partial charge in [-0.3, -0.25) is 9.80 Å². The molecule has 0 bridgehead atoms. The Hall–Kier alpha value is -1.16. The lowest BCUT2D eigenvalue weighted by atomic mass is 9.99. The first kappa shape index (κ1) is 15.7. The second kappa shape index (κ2) is 7.91. The highest BCUT2D eigenvalue weighted by Gasteiger charge is 2.21. The van der Waals surface area contributed by atoms with Crippen LogP contribution in [0.1, 0.15) is 25.3 Å². The Bertz CT molecular complexity index is 469. The van der Waals surface area contributed by atoms with Crippen molar-refractivity contribution >= 4 is 6.08 Å². The van der Waals surface area contributed by atoms with Crippen molar-refractivity contribution in [1.29, 1.82) is 0 Å². The average molecular weight is 300 g/mol. The first-order valence-electron chi connectivity index (χ1n) is 8.60. The topological polar surface area (TPSA) is 15.7 Å². The summed E-state index contributed by atoms with van der Waals surface area (Å²) in [5.74, 6) is 0. The van der Waals surface area contributed by atoms with Gasteiger partial charge in [0.25, 0.3) is 0 Å². The van der Waals surface area contributed by atoms with E-state index in [4.69, 9.17) is 4.74 Å². The predicted molar refractivity (Wildman–Crippen MR) is 91.9 cm³/mol. The molecular weight excluding hydrogens is 272 g/mol. The van der Waals surface area contributed by atoms with Gasteiger partial charge in [-0.05, 0) is 25.3 Å². The molecule has 1 atom stereocenters. The number of piperidine rings is 1. The van der Waals surface area contributed by atoms with E-state index in [0.29, 0.717) is 6.04 Å². The van der Waals surface area contributed by atoms with E-state index < -0.39 is 0 Å². The standard InChI is InChI=1S/C19H28N2O/c1-17(16-20-11-13-22-14-12-20)21-9-7-19(8-10-21)15-18-5-3-2-4-6-18/h2-6,15,17H,7-14,16H2,1H3. The van der Waals surface area contributed by atoms with Crippen molar-refractivity contribution in [3.8, 4) is 0 Å². The monoisotopic (exact) mass is 300 g/mol. The summed E-state index contributed by atoms with van der Waals surface area (Å²) in [7, 11) is 0. The van der Waals surface area contributed by atoms with E-state index in [1.54, 1.807) is 5.57 Å². The molecule has 2 aliphatic heterocycles. The molecule has 0 saturated carbocycles. The molecule has 22 heavy (non-hydrogen) atoms. The zero-order chi connectivity index (χ0) is 15.2. The van der Waals surface area contributed by atoms with E-state index in [9.17, 15) is 0 Å². The molecule has 2 fully saturated rings. The number of nitrogens with zero attached hydrogens (tertiary/aromatic N) is 2. The fourth-order valence-electron chi connectivity index (χ4n) is 3.45. The molecule has 0 spiro atoms. The van der Waals surface area contributed by atoms with Crippen LogP contribution in [0.3, 0.4) is 0 Å². The molecule has 3 nitrogen and oxygen atoms in total. The number of morpholine rings is 1. The minimum atomic E-state index is 0.649. The van der Waals surface area contributed by atoms with Gasteiger partial charge in [-0.15, -0.1) is 0 Å². The fourth-order valence-corrected chi connectivity index (χ4v) is 3.45. The van der Waals surface area contributed by atoms with Gasteiger partial charge in [0, 0.05) is 38.8 Å². The normalized spacial score (nSPS) is 22.5. The van der Waals surface area contributed by atoms with Crippen LogP contribution in [0.4, 0.5) is 0 Å². The molecule has 0 N–H and O–H groups in total. The fraction of sp³-hybridized carbons (Fsp3) is 0.579. The van der Waals surface area contributed by atoms with Crippen LogP contribution in [0.2, 0.25) is 0 Å². The Kier molecular flexibility index (Phi) is 5.65. The summed E-state index contributed by atoms with van der Waals surface area (Å²) in [5, 5.41) is 0. The first-order valence-corrected chi connectivity index (χ1v) is 8.60. The average Bonchev–Trinajstić information content (AvgIpc) is 2.57. The largest absolute Gasteiger partial charge is 0.379 e. The first-order chi connectivity index (χ1) is 10.8. The van der Waals surface area contributed by atoms with Crippen LogP contribution in [0.5, 0.6) is 0 Å². The van der Waals surface area contributed by atoms with Gasteiger partial charge >= 0.3 is 0 Å². The number of benzene rings is 1. The summed E-state index contributed by atoms with van der Waals surface area (Å²) >= 11 is 0. The smallest absolute Gasteiger partial charge is 0.0594 e. The summed E-state index contributed by atoms with van der Waals surface area (Å²) in [6.45, 7) is 9.94. The predicted octanol–water partition coefficient (Wildman–Crippen LogP) is 2.89. The Morgan fingerprint density at radius 1 is 1.05 bits per heavy atom. The number of hydrogen-bond donors (Lipinski definition) is 0. The van der Waals surface area contributed by atoms with Crippen LogP contribution < -0.4 is 0 Å². The van der Waals surface area contributed by atoms with Gasteiger partial charge in [-0.1, -0.05) is 42.0 Å². The quantitative estimate of drug-likeness (QED) is 0.850. The Balaban J connectivity index is 1.47. The van der Waals surface area contributed by atoms with E-state index in [1.165, 1.54) is 38.0 Å². The van der Waals surface area contributed by atoms with E-state index in [0.717, 1.165) is 26.3 Å². The molecular formula is C19H28N2O. The Morgan fingerprint density at radius 2 is 1.73 bits per heavy atom. The molecule has 1 unspecified atom stereocenters. The van der Waals surface area contributed by atoms with E-state index in [-0.39, 0.29) is 0 Å². The minimum Gasteiger partial charge on any atom is -0.379 e. The highest BCUT2D eigenvalue weighted by atomic mass is 16.5. The van der Waals surface area contributed by atoms with E-state index >= 15 is 0 Å². The number of hydrogen-bond acceptors (Lipinski definition) is 3. The molecule has 0 aromatic heterocycles. The maximum Gasteiger partial charge on any atom is 0.0594 e. The Morgan fingerprint density at radius 3 is 2.41 bits per heavy atom. The van der Waals surface area contributed by atoms with Crippen molar-refractivity contribution in [2.75, 3.05) is 45.9 Å². The van der Waals surface area contributed by atoms with Gasteiger partial charge in [0.05, 0.1) is 13.2 Å². The van der Waals surface area contributed by atoms with Crippen molar-refractivity contribution in [2.45, 2.75) is 25.8 Å². The molecule has 0 radical (unpaired) electrons. The second-order valence-corrected chi connectivity index (χ2v) is 6.51. The zero-order valence-electron chi connectivity index (χ0n) is 13.7. The molecule has 1 aromatic rings. The zero-order valence-corrected chi connectivity index (χ0v) is 13.7. The van der Waals surface area contributed by atoms with Crippen LogP contribution in [-0.4, -0.2) is 61.8 Å². The third-order valence-corrected chi connectivity index (χ3v) is 4.86. The van der Waals surface area contributed by atoms with Crippen LogP contribution in [0.15, 0.2) is 35.9 Å². The molecule has 0 amide bonds. The molecule has 120 valence electrons. The summed E-state index contributed by atoms with van der Waals surface area (Å²) < 4.78 is 5.43. The van der Waals surface area contributed by atoms with Crippen LogP contribution in [0.25, 0.3) is 6.08 Å². The molecule has 3 rings (SSSR count). The van der Waals surface area contributed by atoms with Crippen molar-refractivity contribution in [3.63, 3.8) is 0 Å². The SMILES string of the molecule is CC(CN1CCOCC1)N1CCC(=Cc2ccccc2)CC1. The van der Waals surface area contributed by atoms with Crippen LogP contribution >= 0.6 is 0 Å². The molecule has 2 aliphatic rings. The van der Waals surface area contributed by atoms with Crippen molar-refractivity contribution in [2.24, 2.45) is 0 Å². The van der Waals surface area contributed by atoms with Gasteiger partial charge < -0.3 is 4.74 Å². The lowest BCUT2D eigenvalue weighted by Gasteiger charge is -2.37. The summed E-state index contributed by atoms with van der Waals surface area (Å²) in [6.07, 6.45) is 4.80. The molecule has 3 heteroatoms. The molecule has 0 aliphatic carbocycles. The van der Waals surface area contributed by atoms with Crippen LogP contribution in [-0.2, 0) is 4.74 Å². The number of likely N-dealkylation sites (tertiary alicyclic amines) is 1. The number of rotatable bonds is 4. The van der Waals surface area contributed by atoms with Gasteiger partial charge in [-0.25, -0.2) is 0 Å². The summed E-state index contributed by atoms with van der Waals surface area (Å²) in [6, 6.07) is 11.4. The van der Waals surface area contributed by atoms with Crippen molar-refractivity contribution in [3.05, 3.63) is 41.5 Å². The third kappa shape index (κ3) is 4.42. The maximum atomic E-state index is 5.43. The second-order valence-electron chi connectivity index (χ2n) is 6.51. The minimum absolute atomic E-state index is 0.649. The number of ether oxygens (including phenoxy) is 1. The maximum absolute atomic E-state index is 5.43. The molecule has 2 saturated heterocycles. The van der Waals surface area contributed by atoms with Crippen LogP contribution in [0, 0.1) is 0 Å². The van der Waals surface area contributed by atoms with E-state index in [1.807, 2.05) is 0 Å². The highest BCUT2D eigenvalue weighted by molar-refractivity contribution is 5.52. The summed E-state index contributed by atoms with van der Waals surface area (Å²) in [4.78, 5) is 5.20. The lowest BCUT2D eigenvalue weighted by Crippen LogP contribution is -2.47. The highest BCUT2D eigenvalue weighted by Crippen LogP contribution is 2.21. The van der Waals surface area contributed by atoms with Gasteiger partial charge in [0.15, 0.2) is 0 Å². The van der Waals surface area contributed by atoms with Crippen molar-refractivity contribution < 1.29 is 4.74 Å². The van der Waals surface area contributed by atoms with Gasteiger partial charge in [0.1, 0.15) is 0 Å². The lowest BCUT2D eigenvalue weighted by molar-refractivity contribution is 0.0237. The van der Waals surface area contributed by atoms with Gasteiger partial charge in [-0.2, -0.15) is 0 Å². The third-order valence-electron chi connectivity index (χ3n) is 4.86. The van der Waals surface area contributed by atoms with Gasteiger partial charge in [0.2, 0.25) is 0 Å². The van der Waals surface area contributed by atoms with E-state index in [2.05, 4.69) is 53.1 Å². The Labute approximate surface area is 134 Å². The summed E-state index contributed by atoms with van der Waals surface area (Å²) in [5.41, 5.74) is 2.94. The molecule has 2 heterocycles. The molecule has 1 aromatic carbocycles.